The van der Waals surface area contributed by atoms with Crippen molar-refractivity contribution in [2.75, 3.05) is 18.5 Å². The van der Waals surface area contributed by atoms with E-state index in [0.717, 1.165) is 11.3 Å². The number of anilines is 1. The van der Waals surface area contributed by atoms with Crippen LogP contribution in [0.25, 0.3) is 0 Å². The van der Waals surface area contributed by atoms with E-state index in [1.165, 1.54) is 6.07 Å². The molecule has 0 radical (unpaired) electrons. The van der Waals surface area contributed by atoms with Gasteiger partial charge in [-0.1, -0.05) is 18.5 Å². The number of hydrogen-bond acceptors (Lipinski definition) is 8. The molecule has 2 aromatic heterocycles. The lowest BCUT2D eigenvalue weighted by Crippen LogP contribution is -2.14. The summed E-state index contributed by atoms with van der Waals surface area (Å²) < 4.78 is 21.5. The van der Waals surface area contributed by atoms with Gasteiger partial charge in [-0.15, -0.1) is 11.3 Å². The Morgan fingerprint density at radius 1 is 1.03 bits per heavy atom. The molecule has 3 aromatic rings. The largest absolute Gasteiger partial charge is 0.486 e. The molecule has 2 heterocycles. The van der Waals surface area contributed by atoms with Crippen LogP contribution >= 0.6 is 22.9 Å². The van der Waals surface area contributed by atoms with Crippen LogP contribution in [-0.2, 0) is 16.1 Å². The molecule has 0 saturated carbocycles. The van der Waals surface area contributed by atoms with Crippen molar-refractivity contribution in [2.24, 2.45) is 0 Å². The molecule has 180 valence electrons. The highest BCUT2D eigenvalue weighted by Crippen LogP contribution is 2.35. The van der Waals surface area contributed by atoms with E-state index in [1.54, 1.807) is 44.2 Å². The second-order valence-corrected chi connectivity index (χ2v) is 8.54. The summed E-state index contributed by atoms with van der Waals surface area (Å²) in [4.78, 5) is 38.0. The molecule has 0 unspecified atom stereocenters. The highest BCUT2D eigenvalue weighted by atomic mass is 35.5. The number of carbonyl (C=O) groups is 3. The summed E-state index contributed by atoms with van der Waals surface area (Å²) in [7, 11) is 0. The molecule has 0 saturated heterocycles. The van der Waals surface area contributed by atoms with Crippen molar-refractivity contribution in [3.05, 3.63) is 68.9 Å². The fourth-order valence-corrected chi connectivity index (χ4v) is 4.14. The van der Waals surface area contributed by atoms with Crippen LogP contribution in [0.3, 0.4) is 0 Å². The molecular formula is C24H24ClNO7S. The number of rotatable bonds is 10. The molecule has 0 aliphatic rings. The highest BCUT2D eigenvalue weighted by Gasteiger charge is 2.28. The van der Waals surface area contributed by atoms with Crippen LogP contribution in [0.5, 0.6) is 5.75 Å². The summed E-state index contributed by atoms with van der Waals surface area (Å²) in [6, 6.07) is 9.96. The molecular weight excluding hydrogens is 482 g/mol. The molecule has 0 fully saturated rings. The second kappa shape index (κ2) is 11.7. The Morgan fingerprint density at radius 2 is 1.76 bits per heavy atom. The van der Waals surface area contributed by atoms with Crippen molar-refractivity contribution in [2.45, 2.75) is 33.8 Å². The molecule has 0 aliphatic heterocycles. The van der Waals surface area contributed by atoms with Gasteiger partial charge in [0.25, 0.3) is 5.91 Å². The van der Waals surface area contributed by atoms with E-state index >= 15 is 0 Å². The van der Waals surface area contributed by atoms with Gasteiger partial charge >= 0.3 is 11.9 Å². The molecule has 10 heteroatoms. The van der Waals surface area contributed by atoms with Crippen molar-refractivity contribution in [3.63, 3.8) is 0 Å². The van der Waals surface area contributed by atoms with Crippen molar-refractivity contribution in [3.8, 4) is 5.75 Å². The van der Waals surface area contributed by atoms with Gasteiger partial charge in [0.1, 0.15) is 28.0 Å². The van der Waals surface area contributed by atoms with E-state index in [1.807, 2.05) is 6.92 Å². The predicted molar refractivity (Wildman–Crippen MR) is 128 cm³/mol. The summed E-state index contributed by atoms with van der Waals surface area (Å²) in [5, 5.41) is 3.43. The molecule has 34 heavy (non-hydrogen) atoms. The molecule has 1 N–H and O–H groups in total. The quantitative estimate of drug-likeness (QED) is 0.343. The first-order valence-electron chi connectivity index (χ1n) is 10.6. The minimum Gasteiger partial charge on any atom is -0.486 e. The number of thiophene rings is 1. The van der Waals surface area contributed by atoms with E-state index in [2.05, 4.69) is 5.32 Å². The van der Waals surface area contributed by atoms with Gasteiger partial charge in [0.2, 0.25) is 0 Å². The SMILES string of the molecule is CCCOC(=O)c1c(NC(=O)c2ccc(COc3ccc(Cl)cc3)o2)sc(C(=O)OCC)c1C. The van der Waals surface area contributed by atoms with Crippen LogP contribution in [0.4, 0.5) is 5.00 Å². The van der Waals surface area contributed by atoms with Crippen LogP contribution in [0.2, 0.25) is 5.02 Å². The Morgan fingerprint density at radius 3 is 2.44 bits per heavy atom. The zero-order valence-electron chi connectivity index (χ0n) is 18.9. The lowest BCUT2D eigenvalue weighted by atomic mass is 10.1. The van der Waals surface area contributed by atoms with Gasteiger partial charge in [0, 0.05) is 5.02 Å². The van der Waals surface area contributed by atoms with Crippen molar-refractivity contribution in [1.82, 2.24) is 0 Å². The standard InChI is InChI=1S/C24H24ClNO7S/c1-4-12-31-23(28)19-14(3)20(24(29)30-5-2)34-22(19)26-21(27)18-11-10-17(33-18)13-32-16-8-6-15(25)7-9-16/h6-11H,4-5,12-13H2,1-3H3,(H,26,27). The van der Waals surface area contributed by atoms with Gasteiger partial charge in [0.15, 0.2) is 5.76 Å². The molecule has 0 bridgehead atoms. The topological polar surface area (TPSA) is 104 Å². The first kappa shape index (κ1) is 25.3. The summed E-state index contributed by atoms with van der Waals surface area (Å²) in [6.45, 7) is 5.66. The maximum atomic E-state index is 12.8. The number of benzene rings is 1. The Kier molecular flexibility index (Phi) is 8.72. The van der Waals surface area contributed by atoms with Crippen LogP contribution in [0.15, 0.2) is 40.8 Å². The average Bonchev–Trinajstić information content (AvgIpc) is 3.42. The third-order valence-electron chi connectivity index (χ3n) is 4.56. The lowest BCUT2D eigenvalue weighted by Gasteiger charge is -2.07. The summed E-state index contributed by atoms with van der Waals surface area (Å²) in [6.07, 6.45) is 0.634. The number of amides is 1. The van der Waals surface area contributed by atoms with Gasteiger partial charge in [-0.3, -0.25) is 4.79 Å². The smallest absolute Gasteiger partial charge is 0.348 e. The zero-order valence-corrected chi connectivity index (χ0v) is 20.5. The van der Waals surface area contributed by atoms with Crippen LogP contribution < -0.4 is 10.1 Å². The predicted octanol–water partition coefficient (Wildman–Crippen LogP) is 5.88. The van der Waals surface area contributed by atoms with E-state index in [9.17, 15) is 14.4 Å². The fraction of sp³-hybridized carbons (Fsp3) is 0.292. The molecule has 8 nitrogen and oxygen atoms in total. The molecule has 0 aliphatic carbocycles. The zero-order chi connectivity index (χ0) is 24.7. The molecule has 0 spiro atoms. The first-order chi connectivity index (χ1) is 16.3. The minimum atomic E-state index is -0.627. The van der Waals surface area contributed by atoms with Crippen molar-refractivity contribution >= 4 is 45.8 Å². The lowest BCUT2D eigenvalue weighted by molar-refractivity contribution is 0.0506. The Hall–Kier alpha value is -3.30. The number of halogens is 1. The maximum Gasteiger partial charge on any atom is 0.348 e. The Labute approximate surface area is 205 Å². The van der Waals surface area contributed by atoms with E-state index < -0.39 is 17.8 Å². The Balaban J connectivity index is 1.76. The number of furan rings is 1. The van der Waals surface area contributed by atoms with E-state index in [0.29, 0.717) is 28.5 Å². The monoisotopic (exact) mass is 505 g/mol. The van der Waals surface area contributed by atoms with Crippen LogP contribution in [0.1, 0.15) is 62.2 Å². The van der Waals surface area contributed by atoms with Gasteiger partial charge in [-0.25, -0.2) is 9.59 Å². The summed E-state index contributed by atoms with van der Waals surface area (Å²) in [5.41, 5.74) is 0.504. The van der Waals surface area contributed by atoms with Crippen LogP contribution in [0, 0.1) is 6.92 Å². The van der Waals surface area contributed by atoms with Crippen LogP contribution in [-0.4, -0.2) is 31.1 Å². The fourth-order valence-electron chi connectivity index (χ4n) is 2.93. The molecule has 3 rings (SSSR count). The maximum absolute atomic E-state index is 12.8. The van der Waals surface area contributed by atoms with Gasteiger partial charge < -0.3 is 23.9 Å². The highest BCUT2D eigenvalue weighted by molar-refractivity contribution is 7.18. The van der Waals surface area contributed by atoms with Gasteiger partial charge in [-0.05, 0) is 62.2 Å². The number of ether oxygens (including phenoxy) is 3. The number of esters is 2. The average molecular weight is 506 g/mol. The molecule has 0 atom stereocenters. The normalized spacial score (nSPS) is 10.6. The molecule has 1 aromatic carbocycles. The van der Waals surface area contributed by atoms with Crippen molar-refractivity contribution in [1.29, 1.82) is 0 Å². The minimum absolute atomic E-state index is 0.0197. The number of hydrogen-bond donors (Lipinski definition) is 1. The van der Waals surface area contributed by atoms with Crippen molar-refractivity contribution < 1.29 is 33.0 Å². The summed E-state index contributed by atoms with van der Waals surface area (Å²) >= 11 is 6.81. The van der Waals surface area contributed by atoms with Gasteiger partial charge in [0.05, 0.1) is 18.8 Å². The first-order valence-corrected chi connectivity index (χ1v) is 11.8. The third kappa shape index (κ3) is 6.18. The van der Waals surface area contributed by atoms with Gasteiger partial charge in [-0.2, -0.15) is 0 Å². The van der Waals surface area contributed by atoms with E-state index in [-0.39, 0.29) is 41.0 Å². The molecule has 1 amide bonds. The van der Waals surface area contributed by atoms with E-state index in [4.69, 9.17) is 30.2 Å². The number of nitrogens with one attached hydrogen (secondary N) is 1. The second-order valence-electron chi connectivity index (χ2n) is 7.08. The third-order valence-corrected chi connectivity index (χ3v) is 6.00. The Bertz CT molecular complexity index is 1170. The number of carbonyl (C=O) groups excluding carboxylic acids is 3. The summed E-state index contributed by atoms with van der Waals surface area (Å²) in [5.74, 6) is -0.738.